The minimum atomic E-state index is -1.64. The number of hydrogen-bond acceptors (Lipinski definition) is 13. The number of thioether (sulfide) groups is 1. The van der Waals surface area contributed by atoms with Crippen LogP contribution in [0.5, 0.6) is 0 Å². The Kier molecular flexibility index (Phi) is 11.4. The van der Waals surface area contributed by atoms with Gasteiger partial charge in [0, 0.05) is 11.8 Å². The molecule has 5 unspecified atom stereocenters. The van der Waals surface area contributed by atoms with Gasteiger partial charge in [-0.3, -0.25) is 0 Å². The number of benzene rings is 1. The van der Waals surface area contributed by atoms with Crippen molar-refractivity contribution in [2.45, 2.75) is 86.8 Å². The molecule has 6 N–H and O–H groups in total. The maximum absolute atomic E-state index is 13.7. The van der Waals surface area contributed by atoms with Crippen molar-refractivity contribution < 1.29 is 53.3 Å². The number of rotatable bonds is 13. The Morgan fingerprint density at radius 2 is 1.68 bits per heavy atom. The van der Waals surface area contributed by atoms with E-state index in [9.17, 15) is 43.8 Å². The van der Waals surface area contributed by atoms with Crippen LogP contribution in [0.15, 0.2) is 24.5 Å². The highest BCUT2D eigenvalue weighted by Gasteiger charge is 2.48. The van der Waals surface area contributed by atoms with Crippen LogP contribution in [0.3, 0.4) is 0 Å². The van der Waals surface area contributed by atoms with Crippen LogP contribution in [0.4, 0.5) is 13.2 Å². The fourth-order valence-electron chi connectivity index (χ4n) is 4.52. The van der Waals surface area contributed by atoms with Crippen molar-refractivity contribution in [2.24, 2.45) is 0 Å². The molecule has 0 aliphatic carbocycles. The molecule has 0 amide bonds. The number of aliphatic hydroxyl groups is 6. The van der Waals surface area contributed by atoms with E-state index in [0.717, 1.165) is 28.6 Å². The van der Waals surface area contributed by atoms with E-state index in [-0.39, 0.29) is 23.7 Å². The van der Waals surface area contributed by atoms with Crippen LogP contribution < -0.4 is 0 Å². The first kappa shape index (κ1) is 34.2. The summed E-state index contributed by atoms with van der Waals surface area (Å²) in [5.74, 6) is -4.48. The Hall–Kier alpha value is -2.68. The second kappa shape index (κ2) is 14.6. The van der Waals surface area contributed by atoms with Crippen LogP contribution in [-0.2, 0) is 16.0 Å². The molecule has 244 valence electrons. The van der Waals surface area contributed by atoms with Crippen molar-refractivity contribution in [3.8, 4) is 11.3 Å². The standard InChI is InChI=1S/C26H35F3N6O8S/c1-11(2)16-7-35(33-30-16)22-23(40)20(10-37)43-26(24(22)41)44-25(42-19(9-36)12(3)38)18(39)8-34-6-17(31-32-34)13-4-14(27)21(29)15(28)5-13/h4-7,11-12,18-20,22-26,36-41H,8-10H2,1-3H3/t12-,18+,19?,20-,22?,23?,24?,25?,26+/m1/s1. The molecule has 0 spiro atoms. The Morgan fingerprint density at radius 1 is 1.00 bits per heavy atom. The summed E-state index contributed by atoms with van der Waals surface area (Å²) in [6.45, 7) is 3.53. The average Bonchev–Trinajstić information content (AvgIpc) is 3.65. The van der Waals surface area contributed by atoms with Crippen LogP contribution in [0, 0.1) is 17.5 Å². The summed E-state index contributed by atoms with van der Waals surface area (Å²) >= 11 is 0.751. The zero-order chi connectivity index (χ0) is 32.3. The lowest BCUT2D eigenvalue weighted by Gasteiger charge is -2.43. The van der Waals surface area contributed by atoms with E-state index in [4.69, 9.17) is 9.47 Å². The summed E-state index contributed by atoms with van der Waals surface area (Å²) in [7, 11) is 0. The molecule has 0 radical (unpaired) electrons. The van der Waals surface area contributed by atoms with Crippen LogP contribution in [0.25, 0.3) is 11.3 Å². The van der Waals surface area contributed by atoms with E-state index in [1.165, 1.54) is 17.8 Å². The summed E-state index contributed by atoms with van der Waals surface area (Å²) < 4.78 is 54.8. The molecule has 3 aromatic rings. The van der Waals surface area contributed by atoms with Crippen LogP contribution in [0.1, 0.15) is 38.4 Å². The van der Waals surface area contributed by atoms with E-state index in [1.54, 1.807) is 6.20 Å². The lowest BCUT2D eigenvalue weighted by molar-refractivity contribution is -0.180. The van der Waals surface area contributed by atoms with Gasteiger partial charge < -0.3 is 40.1 Å². The summed E-state index contributed by atoms with van der Waals surface area (Å²) in [6, 6.07) is 0.363. The predicted octanol–water partition coefficient (Wildman–Crippen LogP) is -0.0639. The summed E-state index contributed by atoms with van der Waals surface area (Å²) in [5, 5.41) is 78.9. The lowest BCUT2D eigenvalue weighted by atomic mass is 9.97. The highest BCUT2D eigenvalue weighted by atomic mass is 32.2. The molecule has 4 rings (SSSR count). The van der Waals surface area contributed by atoms with Crippen molar-refractivity contribution in [1.82, 2.24) is 30.0 Å². The highest BCUT2D eigenvalue weighted by Crippen LogP contribution is 2.38. The van der Waals surface area contributed by atoms with Gasteiger partial charge in [-0.25, -0.2) is 22.5 Å². The molecule has 9 atom stereocenters. The quantitative estimate of drug-likeness (QED) is 0.106. The highest BCUT2D eigenvalue weighted by molar-refractivity contribution is 8.00. The molecule has 0 bridgehead atoms. The number of aromatic nitrogens is 6. The summed E-state index contributed by atoms with van der Waals surface area (Å²) in [6.07, 6.45) is -5.10. The van der Waals surface area contributed by atoms with Crippen molar-refractivity contribution in [2.75, 3.05) is 13.2 Å². The average molecular weight is 649 g/mol. The number of nitrogens with zero attached hydrogens (tertiary/aromatic N) is 6. The van der Waals surface area contributed by atoms with Crippen molar-refractivity contribution in [1.29, 1.82) is 0 Å². The summed E-state index contributed by atoms with van der Waals surface area (Å²) in [4.78, 5) is 0. The van der Waals surface area contributed by atoms with Gasteiger partial charge in [0.05, 0.1) is 37.8 Å². The van der Waals surface area contributed by atoms with Gasteiger partial charge in [-0.05, 0) is 25.0 Å². The van der Waals surface area contributed by atoms with Crippen LogP contribution >= 0.6 is 11.8 Å². The van der Waals surface area contributed by atoms with Crippen LogP contribution in [-0.4, -0.2) is 121 Å². The van der Waals surface area contributed by atoms with Gasteiger partial charge in [-0.15, -0.1) is 10.2 Å². The normalized spacial score (nSPS) is 25.2. The molecular weight excluding hydrogens is 613 g/mol. The topological polar surface area (TPSA) is 201 Å². The van der Waals surface area contributed by atoms with Crippen molar-refractivity contribution in [3.05, 3.63) is 47.7 Å². The molecule has 0 saturated carbocycles. The zero-order valence-electron chi connectivity index (χ0n) is 23.9. The molecule has 2 aromatic heterocycles. The minimum absolute atomic E-state index is 0.00101. The van der Waals surface area contributed by atoms with Crippen molar-refractivity contribution in [3.63, 3.8) is 0 Å². The van der Waals surface area contributed by atoms with Gasteiger partial charge in [0.1, 0.15) is 53.1 Å². The van der Waals surface area contributed by atoms with Crippen molar-refractivity contribution >= 4 is 11.8 Å². The third-order valence-corrected chi connectivity index (χ3v) is 8.43. The smallest absolute Gasteiger partial charge is 0.194 e. The number of halogens is 3. The molecular formula is C26H35F3N6O8S. The molecule has 3 heterocycles. The fraction of sp³-hybridized carbons (Fsp3) is 0.615. The van der Waals surface area contributed by atoms with E-state index in [0.29, 0.717) is 5.69 Å². The van der Waals surface area contributed by atoms with Gasteiger partial charge in [0.15, 0.2) is 17.5 Å². The summed E-state index contributed by atoms with van der Waals surface area (Å²) in [5.41, 5.74) is -2.10. The molecule has 14 nitrogen and oxygen atoms in total. The second-order valence-electron chi connectivity index (χ2n) is 10.7. The zero-order valence-corrected chi connectivity index (χ0v) is 24.7. The van der Waals surface area contributed by atoms with E-state index >= 15 is 0 Å². The third-order valence-electron chi connectivity index (χ3n) is 7.08. The Labute approximate surface area is 254 Å². The number of ether oxygens (including phenoxy) is 2. The van der Waals surface area contributed by atoms with Gasteiger partial charge in [-0.1, -0.05) is 36.0 Å². The van der Waals surface area contributed by atoms with Gasteiger partial charge >= 0.3 is 0 Å². The van der Waals surface area contributed by atoms with Crippen LogP contribution in [0.2, 0.25) is 0 Å². The van der Waals surface area contributed by atoms with Gasteiger partial charge in [0.25, 0.3) is 0 Å². The Bertz CT molecular complexity index is 1360. The molecule has 1 aromatic carbocycles. The maximum atomic E-state index is 13.7. The predicted molar refractivity (Wildman–Crippen MR) is 147 cm³/mol. The minimum Gasteiger partial charge on any atom is -0.394 e. The largest absolute Gasteiger partial charge is 0.394 e. The molecule has 1 saturated heterocycles. The van der Waals surface area contributed by atoms with E-state index < -0.39 is 84.2 Å². The number of hydrogen-bond donors (Lipinski definition) is 6. The van der Waals surface area contributed by atoms with Gasteiger partial charge in [-0.2, -0.15) is 0 Å². The molecule has 18 heteroatoms. The maximum Gasteiger partial charge on any atom is 0.194 e. The monoisotopic (exact) mass is 648 g/mol. The molecule has 1 aliphatic rings. The Morgan fingerprint density at radius 3 is 2.25 bits per heavy atom. The Balaban J connectivity index is 1.58. The molecule has 1 aliphatic heterocycles. The molecule has 1 fully saturated rings. The first-order valence-electron chi connectivity index (χ1n) is 13.7. The van der Waals surface area contributed by atoms with E-state index in [2.05, 4.69) is 20.6 Å². The SMILES string of the molecule is CC(C)c1cn(C2C(O)[C@@H](CO)O[C@@H](SC(OC(CO)[C@@H](C)O)[C@@H](O)Cn3cc(-c4cc(F)c(F)c(F)c4)nn3)C2O)nn1. The molecule has 44 heavy (non-hydrogen) atoms. The van der Waals surface area contributed by atoms with E-state index in [1.807, 2.05) is 13.8 Å². The first-order valence-corrected chi connectivity index (χ1v) is 14.7. The second-order valence-corrected chi connectivity index (χ2v) is 11.9. The number of aliphatic hydroxyl groups excluding tert-OH is 6. The fourth-order valence-corrected chi connectivity index (χ4v) is 5.79. The first-order chi connectivity index (χ1) is 20.8. The van der Waals surface area contributed by atoms with Gasteiger partial charge in [0.2, 0.25) is 0 Å². The third kappa shape index (κ3) is 7.57. The lowest BCUT2D eigenvalue weighted by Crippen LogP contribution is -2.56.